The lowest BCUT2D eigenvalue weighted by molar-refractivity contribution is 0.0566. The molecule has 0 saturated heterocycles. The van der Waals surface area contributed by atoms with Crippen molar-refractivity contribution in [3.8, 4) is 0 Å². The van der Waals surface area contributed by atoms with E-state index in [1.807, 2.05) is 0 Å². The van der Waals surface area contributed by atoms with Gasteiger partial charge in [0, 0.05) is 5.69 Å². The molecule has 0 aliphatic carbocycles. The average molecular weight is 240 g/mol. The number of hydrogen-bond acceptors (Lipinski definition) is 3. The van der Waals surface area contributed by atoms with E-state index in [1.165, 1.54) is 6.07 Å². The molecule has 0 bridgehead atoms. The molecule has 5 heteroatoms. The number of rotatable bonds is 2. The third-order valence-corrected chi connectivity index (χ3v) is 1.92. The number of benzene rings is 1. The van der Waals surface area contributed by atoms with Crippen LogP contribution in [0.15, 0.2) is 24.3 Å². The van der Waals surface area contributed by atoms with Gasteiger partial charge in [0.05, 0.1) is 5.69 Å². The highest BCUT2D eigenvalue weighted by molar-refractivity contribution is 5.88. The first kappa shape index (κ1) is 13.3. The Morgan fingerprint density at radius 2 is 2.12 bits per heavy atom. The predicted octanol–water partition coefficient (Wildman–Crippen LogP) is 2.94. The van der Waals surface area contributed by atoms with E-state index in [4.69, 9.17) is 10.5 Å². The predicted molar refractivity (Wildman–Crippen MR) is 65.5 cm³/mol. The van der Waals surface area contributed by atoms with E-state index < -0.39 is 18.5 Å². The standard InChI is InChI=1S/C12H17FN2O2/c1-12(2,3)17-11(16)15(8-13)10-6-4-5-9(14)7-10/h4-7H,8,14H2,1-3H3. The van der Waals surface area contributed by atoms with E-state index in [0.717, 1.165) is 4.90 Å². The van der Waals surface area contributed by atoms with Gasteiger partial charge in [-0.15, -0.1) is 0 Å². The summed E-state index contributed by atoms with van der Waals surface area (Å²) in [6.45, 7) is 4.21. The number of ether oxygens (including phenoxy) is 1. The quantitative estimate of drug-likeness (QED) is 0.638. The second kappa shape index (κ2) is 5.03. The Morgan fingerprint density at radius 1 is 1.47 bits per heavy atom. The van der Waals surface area contributed by atoms with Crippen LogP contribution in [0.2, 0.25) is 0 Å². The van der Waals surface area contributed by atoms with E-state index in [2.05, 4.69) is 0 Å². The summed E-state index contributed by atoms with van der Waals surface area (Å²) in [5.74, 6) is 0. The van der Waals surface area contributed by atoms with Crippen molar-refractivity contribution in [2.24, 2.45) is 0 Å². The molecule has 1 amide bonds. The zero-order valence-electron chi connectivity index (χ0n) is 10.2. The van der Waals surface area contributed by atoms with Gasteiger partial charge in [0.1, 0.15) is 5.60 Å². The number of nitrogens with two attached hydrogens (primary N) is 1. The van der Waals surface area contributed by atoms with E-state index in [0.29, 0.717) is 11.4 Å². The van der Waals surface area contributed by atoms with Gasteiger partial charge in [-0.2, -0.15) is 0 Å². The molecular formula is C12H17FN2O2. The number of halogens is 1. The monoisotopic (exact) mass is 240 g/mol. The van der Waals surface area contributed by atoms with Crippen molar-refractivity contribution in [3.63, 3.8) is 0 Å². The average Bonchev–Trinajstić information content (AvgIpc) is 2.15. The number of nitrogen functional groups attached to an aromatic ring is 1. The molecule has 0 saturated carbocycles. The minimum Gasteiger partial charge on any atom is -0.443 e. The summed E-state index contributed by atoms with van der Waals surface area (Å²) < 4.78 is 18.0. The van der Waals surface area contributed by atoms with Crippen molar-refractivity contribution < 1.29 is 13.9 Å². The first-order valence-corrected chi connectivity index (χ1v) is 5.25. The maximum absolute atomic E-state index is 12.9. The lowest BCUT2D eigenvalue weighted by atomic mass is 10.2. The number of nitrogens with zero attached hydrogens (tertiary/aromatic N) is 1. The highest BCUT2D eigenvalue weighted by atomic mass is 19.1. The van der Waals surface area contributed by atoms with Crippen molar-refractivity contribution in [3.05, 3.63) is 24.3 Å². The van der Waals surface area contributed by atoms with Crippen LogP contribution in [0.1, 0.15) is 20.8 Å². The van der Waals surface area contributed by atoms with Gasteiger partial charge in [-0.25, -0.2) is 14.1 Å². The van der Waals surface area contributed by atoms with Gasteiger partial charge in [-0.1, -0.05) is 6.07 Å². The summed E-state index contributed by atoms with van der Waals surface area (Å²) >= 11 is 0. The third-order valence-electron chi connectivity index (χ3n) is 1.92. The smallest absolute Gasteiger partial charge is 0.416 e. The highest BCUT2D eigenvalue weighted by Crippen LogP contribution is 2.20. The Kier molecular flexibility index (Phi) is 3.93. The summed E-state index contributed by atoms with van der Waals surface area (Å²) in [5, 5.41) is 0. The zero-order chi connectivity index (χ0) is 13.1. The second-order valence-electron chi connectivity index (χ2n) is 4.62. The minimum atomic E-state index is -0.960. The molecule has 2 N–H and O–H groups in total. The molecule has 1 aromatic carbocycles. The van der Waals surface area contributed by atoms with Gasteiger partial charge in [-0.3, -0.25) is 0 Å². The Balaban J connectivity index is 2.88. The maximum Gasteiger partial charge on any atom is 0.416 e. The van der Waals surface area contributed by atoms with Gasteiger partial charge in [0.15, 0.2) is 6.80 Å². The van der Waals surface area contributed by atoms with Crippen molar-refractivity contribution >= 4 is 17.5 Å². The molecule has 1 rings (SSSR count). The van der Waals surface area contributed by atoms with Crippen LogP contribution in [0.25, 0.3) is 0 Å². The van der Waals surface area contributed by atoms with Crippen LogP contribution in [0.4, 0.5) is 20.6 Å². The first-order valence-electron chi connectivity index (χ1n) is 5.25. The Morgan fingerprint density at radius 3 is 2.59 bits per heavy atom. The zero-order valence-corrected chi connectivity index (χ0v) is 10.2. The Labute approximate surface area is 100 Å². The number of amides is 1. The van der Waals surface area contributed by atoms with Crippen LogP contribution < -0.4 is 10.6 Å². The maximum atomic E-state index is 12.9. The molecular weight excluding hydrogens is 223 g/mol. The number of carbonyl (C=O) groups is 1. The van der Waals surface area contributed by atoms with Gasteiger partial charge in [0.25, 0.3) is 0 Å². The van der Waals surface area contributed by atoms with E-state index in [9.17, 15) is 9.18 Å². The lowest BCUT2D eigenvalue weighted by Crippen LogP contribution is -2.36. The summed E-state index contributed by atoms with van der Waals surface area (Å²) in [5.41, 5.74) is 5.75. The van der Waals surface area contributed by atoms with E-state index >= 15 is 0 Å². The van der Waals surface area contributed by atoms with Crippen LogP contribution in [-0.2, 0) is 4.74 Å². The van der Waals surface area contributed by atoms with Crippen molar-refractivity contribution in [2.75, 3.05) is 17.4 Å². The van der Waals surface area contributed by atoms with Crippen molar-refractivity contribution in [1.29, 1.82) is 0 Å². The van der Waals surface area contributed by atoms with E-state index in [1.54, 1.807) is 39.0 Å². The van der Waals surface area contributed by atoms with Crippen LogP contribution >= 0.6 is 0 Å². The number of anilines is 2. The van der Waals surface area contributed by atoms with Gasteiger partial charge >= 0.3 is 6.09 Å². The number of carbonyl (C=O) groups excluding carboxylic acids is 1. The fourth-order valence-electron chi connectivity index (χ4n) is 1.23. The van der Waals surface area contributed by atoms with Crippen LogP contribution in [0.3, 0.4) is 0 Å². The molecule has 0 heterocycles. The molecule has 0 atom stereocenters. The summed E-state index contributed by atoms with van der Waals surface area (Å²) in [6.07, 6.45) is -0.731. The molecule has 1 aromatic rings. The van der Waals surface area contributed by atoms with Gasteiger partial charge in [-0.05, 0) is 39.0 Å². The fraction of sp³-hybridized carbons (Fsp3) is 0.417. The number of alkyl halides is 1. The molecule has 4 nitrogen and oxygen atoms in total. The summed E-state index contributed by atoms with van der Waals surface area (Å²) in [7, 11) is 0. The molecule has 0 fully saturated rings. The van der Waals surface area contributed by atoms with Gasteiger partial charge < -0.3 is 10.5 Å². The second-order valence-corrected chi connectivity index (χ2v) is 4.62. The molecule has 0 aliphatic heterocycles. The SMILES string of the molecule is CC(C)(C)OC(=O)N(CF)c1cccc(N)c1. The third kappa shape index (κ3) is 3.94. The highest BCUT2D eigenvalue weighted by Gasteiger charge is 2.23. The van der Waals surface area contributed by atoms with Gasteiger partial charge in [0.2, 0.25) is 0 Å². The molecule has 0 unspecified atom stereocenters. The molecule has 0 spiro atoms. The van der Waals surface area contributed by atoms with E-state index in [-0.39, 0.29) is 0 Å². The van der Waals surface area contributed by atoms with Crippen LogP contribution in [-0.4, -0.2) is 18.5 Å². The lowest BCUT2D eigenvalue weighted by Gasteiger charge is -2.25. The normalized spacial score (nSPS) is 11.1. The van der Waals surface area contributed by atoms with Crippen molar-refractivity contribution in [2.45, 2.75) is 26.4 Å². The Hall–Kier alpha value is -1.78. The van der Waals surface area contributed by atoms with Crippen LogP contribution in [0, 0.1) is 0 Å². The first-order chi connectivity index (χ1) is 7.83. The minimum absolute atomic E-state index is 0.377. The molecule has 17 heavy (non-hydrogen) atoms. The molecule has 0 aromatic heterocycles. The summed E-state index contributed by atoms with van der Waals surface area (Å²) in [6, 6.07) is 6.43. The van der Waals surface area contributed by atoms with Crippen molar-refractivity contribution in [1.82, 2.24) is 0 Å². The topological polar surface area (TPSA) is 55.6 Å². The summed E-state index contributed by atoms with van der Waals surface area (Å²) in [4.78, 5) is 12.6. The number of hydrogen-bond donors (Lipinski definition) is 1. The molecule has 94 valence electrons. The molecule has 0 radical (unpaired) electrons. The largest absolute Gasteiger partial charge is 0.443 e. The Bertz CT molecular complexity index is 402. The molecule has 0 aliphatic rings. The van der Waals surface area contributed by atoms with Crippen LogP contribution in [0.5, 0.6) is 0 Å². The fourth-order valence-corrected chi connectivity index (χ4v) is 1.23.